The Kier molecular flexibility index (Phi) is 2.73. The highest BCUT2D eigenvalue weighted by atomic mass is 15.2. The number of rotatable bonds is 2. The maximum absolute atomic E-state index is 5.87. The van der Waals surface area contributed by atoms with Gasteiger partial charge in [-0.15, -0.1) is 0 Å². The third kappa shape index (κ3) is 2.18. The summed E-state index contributed by atoms with van der Waals surface area (Å²) < 4.78 is 0. The van der Waals surface area contributed by atoms with Gasteiger partial charge in [-0.3, -0.25) is 0 Å². The van der Waals surface area contributed by atoms with Crippen LogP contribution in [0.15, 0.2) is 6.07 Å². The molecular weight excluding hydrogens is 190 g/mol. The standard InChI is InChI=1S/C10H17N5/c1-7-13-9(12-2)5-10(14-7)15-4-3-8(11)6-15/h5,8H,3-4,6,11H2,1-2H3,(H,12,13,14). The first-order chi connectivity index (χ1) is 7.19. The fourth-order valence-electron chi connectivity index (χ4n) is 1.84. The van der Waals surface area contributed by atoms with Gasteiger partial charge in [0.2, 0.25) is 0 Å². The molecule has 0 saturated carbocycles. The minimum atomic E-state index is 0.276. The highest BCUT2D eigenvalue weighted by Gasteiger charge is 2.20. The van der Waals surface area contributed by atoms with Gasteiger partial charge in [-0.25, -0.2) is 9.97 Å². The van der Waals surface area contributed by atoms with E-state index < -0.39 is 0 Å². The van der Waals surface area contributed by atoms with Gasteiger partial charge in [-0.05, 0) is 13.3 Å². The predicted molar refractivity (Wildman–Crippen MR) is 61.1 cm³/mol. The molecule has 2 rings (SSSR count). The molecule has 1 unspecified atom stereocenters. The van der Waals surface area contributed by atoms with E-state index in [2.05, 4.69) is 20.2 Å². The zero-order valence-corrected chi connectivity index (χ0v) is 9.20. The van der Waals surface area contributed by atoms with Gasteiger partial charge >= 0.3 is 0 Å². The van der Waals surface area contributed by atoms with Gasteiger partial charge < -0.3 is 16.0 Å². The number of hydrogen-bond acceptors (Lipinski definition) is 5. The van der Waals surface area contributed by atoms with Crippen LogP contribution in [-0.4, -0.2) is 36.1 Å². The number of nitrogens with two attached hydrogens (primary N) is 1. The quantitative estimate of drug-likeness (QED) is 0.733. The van der Waals surface area contributed by atoms with Crippen LogP contribution < -0.4 is 16.0 Å². The average molecular weight is 207 g/mol. The molecular formula is C10H17N5. The molecule has 3 N–H and O–H groups in total. The van der Waals surface area contributed by atoms with Crippen molar-refractivity contribution in [3.8, 4) is 0 Å². The van der Waals surface area contributed by atoms with Gasteiger partial charge in [0.25, 0.3) is 0 Å². The molecule has 82 valence electrons. The fourth-order valence-corrected chi connectivity index (χ4v) is 1.84. The summed E-state index contributed by atoms with van der Waals surface area (Å²) in [5, 5.41) is 3.03. The zero-order chi connectivity index (χ0) is 10.8. The Hall–Kier alpha value is -1.36. The number of aryl methyl sites for hydroxylation is 1. The van der Waals surface area contributed by atoms with Crippen molar-refractivity contribution in [1.82, 2.24) is 9.97 Å². The lowest BCUT2D eigenvalue weighted by Crippen LogP contribution is -2.27. The molecule has 5 nitrogen and oxygen atoms in total. The number of nitrogens with one attached hydrogen (secondary N) is 1. The van der Waals surface area contributed by atoms with Gasteiger partial charge in [-0.1, -0.05) is 0 Å². The fraction of sp³-hybridized carbons (Fsp3) is 0.600. The van der Waals surface area contributed by atoms with E-state index in [1.165, 1.54) is 0 Å². The molecule has 1 aromatic rings. The minimum absolute atomic E-state index is 0.276. The minimum Gasteiger partial charge on any atom is -0.373 e. The maximum Gasteiger partial charge on any atom is 0.134 e. The normalized spacial score (nSPS) is 20.7. The second kappa shape index (κ2) is 4.02. The van der Waals surface area contributed by atoms with E-state index in [1.807, 2.05) is 20.0 Å². The lowest BCUT2D eigenvalue weighted by atomic mass is 10.3. The van der Waals surface area contributed by atoms with Crippen LogP contribution in [0.5, 0.6) is 0 Å². The second-order valence-electron chi connectivity index (χ2n) is 3.90. The van der Waals surface area contributed by atoms with Crippen molar-refractivity contribution in [2.24, 2.45) is 5.73 Å². The van der Waals surface area contributed by atoms with Crippen LogP contribution in [0.2, 0.25) is 0 Å². The average Bonchev–Trinajstić information content (AvgIpc) is 2.64. The Morgan fingerprint density at radius 2 is 2.33 bits per heavy atom. The number of nitrogens with zero attached hydrogens (tertiary/aromatic N) is 3. The third-order valence-electron chi connectivity index (χ3n) is 2.63. The summed E-state index contributed by atoms with van der Waals surface area (Å²) in [4.78, 5) is 10.9. The summed E-state index contributed by atoms with van der Waals surface area (Å²) in [5.74, 6) is 2.62. The van der Waals surface area contributed by atoms with Crippen LogP contribution in [-0.2, 0) is 0 Å². The van der Waals surface area contributed by atoms with E-state index in [0.717, 1.165) is 37.0 Å². The molecule has 1 aromatic heterocycles. The second-order valence-corrected chi connectivity index (χ2v) is 3.90. The summed E-state index contributed by atoms with van der Waals surface area (Å²) in [7, 11) is 1.86. The van der Waals surface area contributed by atoms with Gasteiger partial charge in [-0.2, -0.15) is 0 Å². The smallest absolute Gasteiger partial charge is 0.134 e. The van der Waals surface area contributed by atoms with Crippen LogP contribution in [0, 0.1) is 6.92 Å². The zero-order valence-electron chi connectivity index (χ0n) is 9.20. The van der Waals surface area contributed by atoms with Crippen LogP contribution in [0.4, 0.5) is 11.6 Å². The van der Waals surface area contributed by atoms with Crippen molar-refractivity contribution in [2.75, 3.05) is 30.4 Å². The first-order valence-corrected chi connectivity index (χ1v) is 5.23. The summed E-state index contributed by atoms with van der Waals surface area (Å²) in [5.41, 5.74) is 5.87. The molecule has 1 aliphatic rings. The van der Waals surface area contributed by atoms with Crippen LogP contribution in [0.25, 0.3) is 0 Å². The molecule has 0 bridgehead atoms. The van der Waals surface area contributed by atoms with E-state index in [1.54, 1.807) is 0 Å². The first-order valence-electron chi connectivity index (χ1n) is 5.23. The van der Waals surface area contributed by atoms with E-state index in [0.29, 0.717) is 0 Å². The Bertz CT molecular complexity index is 352. The highest BCUT2D eigenvalue weighted by Crippen LogP contribution is 2.19. The molecule has 1 aliphatic heterocycles. The SMILES string of the molecule is CNc1cc(N2CCC(N)C2)nc(C)n1. The Morgan fingerprint density at radius 3 is 2.93 bits per heavy atom. The van der Waals surface area contributed by atoms with Gasteiger partial charge in [0.05, 0.1) is 0 Å². The van der Waals surface area contributed by atoms with Gasteiger partial charge in [0, 0.05) is 32.2 Å². The van der Waals surface area contributed by atoms with Crippen LogP contribution >= 0.6 is 0 Å². The monoisotopic (exact) mass is 207 g/mol. The topological polar surface area (TPSA) is 67.1 Å². The molecule has 0 aliphatic carbocycles. The summed E-state index contributed by atoms with van der Waals surface area (Å²) in [6.45, 7) is 3.78. The van der Waals surface area contributed by atoms with Crippen LogP contribution in [0.3, 0.4) is 0 Å². The van der Waals surface area contributed by atoms with Gasteiger partial charge in [0.1, 0.15) is 17.5 Å². The molecule has 0 amide bonds. The maximum atomic E-state index is 5.87. The van der Waals surface area contributed by atoms with E-state index in [-0.39, 0.29) is 6.04 Å². The number of aromatic nitrogens is 2. The number of anilines is 2. The van der Waals surface area contributed by atoms with E-state index >= 15 is 0 Å². The molecule has 15 heavy (non-hydrogen) atoms. The lowest BCUT2D eigenvalue weighted by Gasteiger charge is -2.17. The van der Waals surface area contributed by atoms with Crippen molar-refractivity contribution < 1.29 is 0 Å². The Balaban J connectivity index is 2.24. The third-order valence-corrected chi connectivity index (χ3v) is 2.63. The van der Waals surface area contributed by atoms with Crippen molar-refractivity contribution in [1.29, 1.82) is 0 Å². The van der Waals surface area contributed by atoms with Crippen molar-refractivity contribution in [2.45, 2.75) is 19.4 Å². The first kappa shape index (κ1) is 10.2. The molecule has 1 saturated heterocycles. The van der Waals surface area contributed by atoms with Crippen LogP contribution in [0.1, 0.15) is 12.2 Å². The summed E-state index contributed by atoms with van der Waals surface area (Å²) in [6.07, 6.45) is 1.04. The molecule has 1 atom stereocenters. The van der Waals surface area contributed by atoms with Gasteiger partial charge in [0.15, 0.2) is 0 Å². The van der Waals surface area contributed by atoms with E-state index in [9.17, 15) is 0 Å². The van der Waals surface area contributed by atoms with E-state index in [4.69, 9.17) is 5.73 Å². The highest BCUT2D eigenvalue weighted by molar-refractivity contribution is 5.49. The van der Waals surface area contributed by atoms with Crippen molar-refractivity contribution in [3.63, 3.8) is 0 Å². The molecule has 5 heteroatoms. The molecule has 2 heterocycles. The Labute approximate surface area is 89.7 Å². The lowest BCUT2D eigenvalue weighted by molar-refractivity contribution is 0.751. The van der Waals surface area contributed by atoms with Crippen molar-refractivity contribution >= 4 is 11.6 Å². The van der Waals surface area contributed by atoms with Crippen molar-refractivity contribution in [3.05, 3.63) is 11.9 Å². The largest absolute Gasteiger partial charge is 0.373 e. The summed E-state index contributed by atoms with van der Waals surface area (Å²) >= 11 is 0. The number of hydrogen-bond donors (Lipinski definition) is 2. The molecule has 0 aromatic carbocycles. The molecule has 0 radical (unpaired) electrons. The molecule has 0 spiro atoms. The summed E-state index contributed by atoms with van der Waals surface area (Å²) in [6, 6.07) is 2.24. The molecule has 1 fully saturated rings. The predicted octanol–water partition coefficient (Wildman–Crippen LogP) is 0.364. The Morgan fingerprint density at radius 1 is 1.53 bits per heavy atom.